The summed E-state index contributed by atoms with van der Waals surface area (Å²) in [5.41, 5.74) is 0. The first-order valence-corrected chi connectivity index (χ1v) is 7.19. The highest BCUT2D eigenvalue weighted by Crippen LogP contribution is 2.26. The summed E-state index contributed by atoms with van der Waals surface area (Å²) < 4.78 is 0. The molecule has 10 heavy (non-hydrogen) atoms. The Balaban J connectivity index is 2.13. The van der Waals surface area contributed by atoms with Crippen LogP contribution in [0.15, 0.2) is 11.5 Å². The van der Waals surface area contributed by atoms with Crippen molar-refractivity contribution in [3.05, 3.63) is 16.6 Å². The zero-order valence-corrected chi connectivity index (χ0v) is 8.75. The van der Waals surface area contributed by atoms with Gasteiger partial charge in [0, 0.05) is 15.9 Å². The van der Waals surface area contributed by atoms with Crippen molar-refractivity contribution in [2.45, 2.75) is 0 Å². The topological polar surface area (TPSA) is 0 Å². The lowest BCUT2D eigenvalue weighted by molar-refractivity contribution is 1.81. The molecule has 0 unspecified atom stereocenters. The summed E-state index contributed by atoms with van der Waals surface area (Å²) in [4.78, 5) is 0. The van der Waals surface area contributed by atoms with Crippen molar-refractivity contribution < 1.29 is 0 Å². The van der Waals surface area contributed by atoms with Crippen LogP contribution in [0.2, 0.25) is 0 Å². The van der Waals surface area contributed by atoms with Gasteiger partial charge in [-0.2, -0.15) is 0 Å². The maximum absolute atomic E-state index is 2.23. The van der Waals surface area contributed by atoms with Gasteiger partial charge >= 0.3 is 0 Å². The molecule has 0 saturated heterocycles. The predicted molar refractivity (Wildman–Crippen MR) is 58.4 cm³/mol. The van der Waals surface area contributed by atoms with E-state index in [0.29, 0.717) is 0 Å². The number of hydrogen-bond donors (Lipinski definition) is 0. The van der Waals surface area contributed by atoms with Gasteiger partial charge in [-0.15, -0.1) is 47.0 Å². The first-order valence-electron chi connectivity index (χ1n) is 2.89. The lowest BCUT2D eigenvalue weighted by Crippen LogP contribution is -1.75. The molecule has 0 saturated carbocycles. The van der Waals surface area contributed by atoms with Gasteiger partial charge in [0.25, 0.3) is 0 Å². The van der Waals surface area contributed by atoms with Crippen LogP contribution in [0.1, 0.15) is 0 Å². The minimum atomic E-state index is 1.13. The highest BCUT2D eigenvalue weighted by molar-refractivity contribution is 8.28. The lowest BCUT2D eigenvalue weighted by atomic mass is 10.8. The van der Waals surface area contributed by atoms with Crippen molar-refractivity contribution in [2.75, 3.05) is 15.9 Å². The standard InChI is InChI=1S/C6H9S4/c1-2-7-4-9-6-10-5-8-3-1/h1-2,5H,3-4,6H2/b2-1-. The molecule has 0 amide bonds. The molecule has 1 radical (unpaired) electrons. The van der Waals surface area contributed by atoms with Crippen molar-refractivity contribution >= 4 is 47.0 Å². The quantitative estimate of drug-likeness (QED) is 0.599. The van der Waals surface area contributed by atoms with Crippen molar-refractivity contribution in [3.8, 4) is 0 Å². The Labute approximate surface area is 79.4 Å². The Hall–Kier alpha value is 1.14. The first kappa shape index (κ1) is 9.23. The molecule has 0 aromatic rings. The van der Waals surface area contributed by atoms with Crippen molar-refractivity contribution in [2.24, 2.45) is 0 Å². The molecule has 0 aromatic carbocycles. The van der Waals surface area contributed by atoms with Gasteiger partial charge in [-0.3, -0.25) is 0 Å². The van der Waals surface area contributed by atoms with E-state index in [2.05, 4.69) is 16.6 Å². The second-order valence-corrected chi connectivity index (χ2v) is 6.24. The molecule has 0 atom stereocenters. The maximum Gasteiger partial charge on any atom is 0.0724 e. The Kier molecular flexibility index (Phi) is 6.30. The third kappa shape index (κ3) is 4.88. The van der Waals surface area contributed by atoms with Gasteiger partial charge in [0.15, 0.2) is 0 Å². The summed E-state index contributed by atoms with van der Waals surface area (Å²) in [6.45, 7) is 0. The van der Waals surface area contributed by atoms with Crippen LogP contribution in [0, 0.1) is 5.08 Å². The Morgan fingerprint density at radius 1 is 1.00 bits per heavy atom. The average molecular weight is 209 g/mol. The van der Waals surface area contributed by atoms with E-state index in [4.69, 9.17) is 0 Å². The SMILES string of the molecule is [CH]1SC/C=C\SCSCS1. The minimum Gasteiger partial charge on any atom is -0.141 e. The number of hydrogen-bond acceptors (Lipinski definition) is 4. The van der Waals surface area contributed by atoms with E-state index in [1.165, 1.54) is 10.2 Å². The zero-order valence-electron chi connectivity index (χ0n) is 5.49. The smallest absolute Gasteiger partial charge is 0.0724 e. The van der Waals surface area contributed by atoms with Crippen LogP contribution in [0.4, 0.5) is 0 Å². The number of thioether (sulfide) groups is 4. The average Bonchev–Trinajstić information content (AvgIpc) is 2.01. The molecule has 1 rings (SSSR count). The highest BCUT2D eigenvalue weighted by atomic mass is 32.2. The summed E-state index contributed by atoms with van der Waals surface area (Å²) in [5.74, 6) is 1.13. The van der Waals surface area contributed by atoms with E-state index < -0.39 is 0 Å². The molecule has 0 aromatic heterocycles. The summed E-state index contributed by atoms with van der Waals surface area (Å²) >= 11 is 7.66. The zero-order chi connectivity index (χ0) is 7.07. The normalized spacial score (nSPS) is 25.6. The molecule has 4 heteroatoms. The largest absolute Gasteiger partial charge is 0.141 e. The molecule has 0 nitrogen and oxygen atoms in total. The van der Waals surface area contributed by atoms with Crippen molar-refractivity contribution in [1.82, 2.24) is 0 Å². The fourth-order valence-corrected chi connectivity index (χ4v) is 4.40. The summed E-state index contributed by atoms with van der Waals surface area (Å²) in [6, 6.07) is 0. The second-order valence-electron chi connectivity index (χ2n) is 1.57. The fraction of sp³-hybridized carbons (Fsp3) is 0.500. The fourth-order valence-electron chi connectivity index (χ4n) is 0.448. The van der Waals surface area contributed by atoms with E-state index in [1.54, 1.807) is 0 Å². The number of rotatable bonds is 0. The van der Waals surface area contributed by atoms with Crippen LogP contribution >= 0.6 is 47.0 Å². The van der Waals surface area contributed by atoms with E-state index in [1.807, 2.05) is 47.0 Å². The molecule has 0 spiro atoms. The first-order chi connectivity index (χ1) is 5.00. The van der Waals surface area contributed by atoms with E-state index in [0.717, 1.165) is 5.75 Å². The molecular weight excluding hydrogens is 200 g/mol. The van der Waals surface area contributed by atoms with Crippen molar-refractivity contribution in [1.29, 1.82) is 0 Å². The molecular formula is C6H9S4. The summed E-state index contributed by atoms with van der Waals surface area (Å²) in [5, 5.41) is 6.83. The van der Waals surface area contributed by atoms with Crippen LogP contribution < -0.4 is 0 Å². The molecule has 1 aliphatic heterocycles. The van der Waals surface area contributed by atoms with Crippen LogP contribution in [0.25, 0.3) is 0 Å². The molecule has 1 aliphatic rings. The van der Waals surface area contributed by atoms with Crippen LogP contribution in [-0.4, -0.2) is 15.9 Å². The van der Waals surface area contributed by atoms with Crippen LogP contribution in [-0.2, 0) is 0 Å². The minimum absolute atomic E-state index is 1.13. The monoisotopic (exact) mass is 209 g/mol. The van der Waals surface area contributed by atoms with Gasteiger partial charge < -0.3 is 0 Å². The van der Waals surface area contributed by atoms with E-state index in [-0.39, 0.29) is 0 Å². The predicted octanol–water partition coefficient (Wildman–Crippen LogP) is 3.48. The van der Waals surface area contributed by atoms with Crippen LogP contribution in [0.3, 0.4) is 0 Å². The van der Waals surface area contributed by atoms with Crippen molar-refractivity contribution in [3.63, 3.8) is 0 Å². The molecule has 0 fully saturated rings. The van der Waals surface area contributed by atoms with Gasteiger partial charge in [0.2, 0.25) is 0 Å². The molecule has 0 N–H and O–H groups in total. The lowest BCUT2D eigenvalue weighted by Gasteiger charge is -2.00. The molecule has 0 bridgehead atoms. The molecule has 1 heterocycles. The Bertz CT molecular complexity index is 89.9. The summed E-state index contributed by atoms with van der Waals surface area (Å²) in [7, 11) is 0. The highest BCUT2D eigenvalue weighted by Gasteiger charge is 1.92. The van der Waals surface area contributed by atoms with E-state index in [9.17, 15) is 0 Å². The third-order valence-corrected chi connectivity index (χ3v) is 5.10. The van der Waals surface area contributed by atoms with Gasteiger partial charge in [0.1, 0.15) is 0 Å². The summed E-state index contributed by atoms with van der Waals surface area (Å²) in [6.07, 6.45) is 2.22. The molecule has 0 aliphatic carbocycles. The van der Waals surface area contributed by atoms with Crippen LogP contribution in [0.5, 0.6) is 0 Å². The van der Waals surface area contributed by atoms with Gasteiger partial charge in [-0.05, 0) is 5.41 Å². The van der Waals surface area contributed by atoms with E-state index >= 15 is 0 Å². The maximum atomic E-state index is 2.23. The Morgan fingerprint density at radius 3 is 2.90 bits per heavy atom. The van der Waals surface area contributed by atoms with Gasteiger partial charge in [0.05, 0.1) is 5.08 Å². The second kappa shape index (κ2) is 6.83. The Morgan fingerprint density at radius 2 is 1.90 bits per heavy atom. The van der Waals surface area contributed by atoms with Gasteiger partial charge in [-0.25, -0.2) is 0 Å². The molecule has 57 valence electrons. The third-order valence-electron chi connectivity index (χ3n) is 0.824. The van der Waals surface area contributed by atoms with Gasteiger partial charge in [-0.1, -0.05) is 6.08 Å².